The SMILES string of the molecule is N=C(N)SC/C=C(\I)c1cccc(NS(=O)(=O)c2ccccc2)c1. The topological polar surface area (TPSA) is 96.0 Å². The smallest absolute Gasteiger partial charge is 0.261 e. The molecule has 2 aromatic rings. The molecule has 0 saturated carbocycles. The highest BCUT2D eigenvalue weighted by Crippen LogP contribution is 2.26. The van der Waals surface area contributed by atoms with Crippen molar-refractivity contribution in [3.63, 3.8) is 0 Å². The first-order valence-electron chi connectivity index (χ1n) is 6.89. The van der Waals surface area contributed by atoms with Gasteiger partial charge in [-0.3, -0.25) is 10.1 Å². The van der Waals surface area contributed by atoms with Crippen molar-refractivity contribution in [2.24, 2.45) is 5.73 Å². The molecule has 0 fully saturated rings. The summed E-state index contributed by atoms with van der Waals surface area (Å²) in [5.74, 6) is 0.591. The number of nitrogens with two attached hydrogens (primary N) is 1. The molecule has 2 rings (SSSR count). The third-order valence-electron chi connectivity index (χ3n) is 2.95. The van der Waals surface area contributed by atoms with Crippen LogP contribution < -0.4 is 10.5 Å². The second kappa shape index (κ2) is 8.54. The van der Waals surface area contributed by atoms with Crippen molar-refractivity contribution in [3.05, 3.63) is 66.2 Å². The number of amidine groups is 1. The molecule has 8 heteroatoms. The average molecular weight is 473 g/mol. The van der Waals surface area contributed by atoms with Crippen LogP contribution in [0.1, 0.15) is 5.56 Å². The number of hydrogen-bond acceptors (Lipinski definition) is 4. The third-order valence-corrected chi connectivity index (χ3v) is 6.05. The molecule has 0 aliphatic heterocycles. The lowest BCUT2D eigenvalue weighted by atomic mass is 10.2. The lowest BCUT2D eigenvalue weighted by Gasteiger charge is -2.09. The van der Waals surface area contributed by atoms with Gasteiger partial charge in [-0.15, -0.1) is 0 Å². The van der Waals surface area contributed by atoms with Gasteiger partial charge in [-0.05, 0) is 52.4 Å². The Kier molecular flexibility index (Phi) is 6.69. The molecular weight excluding hydrogens is 457 g/mol. The molecule has 0 aliphatic carbocycles. The van der Waals surface area contributed by atoms with Crippen LogP contribution in [0.5, 0.6) is 0 Å². The van der Waals surface area contributed by atoms with E-state index in [0.717, 1.165) is 9.14 Å². The van der Waals surface area contributed by atoms with Crippen molar-refractivity contribution < 1.29 is 8.42 Å². The number of thioether (sulfide) groups is 1. The maximum atomic E-state index is 12.4. The molecular formula is C16H16IN3O2S2. The normalized spacial score (nSPS) is 12.0. The van der Waals surface area contributed by atoms with E-state index in [4.69, 9.17) is 11.1 Å². The van der Waals surface area contributed by atoms with Crippen LogP contribution in [-0.2, 0) is 10.0 Å². The minimum atomic E-state index is -3.60. The minimum Gasteiger partial charge on any atom is -0.379 e. The lowest BCUT2D eigenvalue weighted by molar-refractivity contribution is 0.601. The van der Waals surface area contributed by atoms with Crippen LogP contribution >= 0.6 is 34.4 Å². The number of benzene rings is 2. The number of rotatable bonds is 6. The van der Waals surface area contributed by atoms with Crippen LogP contribution in [0.2, 0.25) is 0 Å². The Hall–Kier alpha value is -1.52. The van der Waals surface area contributed by atoms with Crippen LogP contribution in [0, 0.1) is 5.41 Å². The summed E-state index contributed by atoms with van der Waals surface area (Å²) in [5.41, 5.74) is 6.70. The van der Waals surface area contributed by atoms with Crippen molar-refractivity contribution in [3.8, 4) is 0 Å². The Bertz CT molecular complexity index is 853. The van der Waals surface area contributed by atoms with Crippen molar-refractivity contribution in [1.29, 1.82) is 5.41 Å². The first-order valence-corrected chi connectivity index (χ1v) is 10.4. The molecule has 0 amide bonds. The maximum Gasteiger partial charge on any atom is 0.261 e. The molecule has 0 bridgehead atoms. The molecule has 0 spiro atoms. The zero-order valence-corrected chi connectivity index (χ0v) is 16.4. The van der Waals surface area contributed by atoms with E-state index < -0.39 is 10.0 Å². The molecule has 24 heavy (non-hydrogen) atoms. The van der Waals surface area contributed by atoms with Crippen molar-refractivity contribution in [2.45, 2.75) is 4.90 Å². The Labute approximate surface area is 159 Å². The van der Waals surface area contributed by atoms with Gasteiger partial charge in [-0.2, -0.15) is 0 Å². The molecule has 126 valence electrons. The summed E-state index contributed by atoms with van der Waals surface area (Å²) in [6, 6.07) is 15.4. The van der Waals surface area contributed by atoms with Gasteiger partial charge < -0.3 is 5.73 Å². The molecule has 0 aliphatic rings. The fourth-order valence-corrected chi connectivity index (χ4v) is 4.22. The predicted molar refractivity (Wildman–Crippen MR) is 110 cm³/mol. The highest BCUT2D eigenvalue weighted by molar-refractivity contribution is 14.1. The summed E-state index contributed by atoms with van der Waals surface area (Å²) < 4.78 is 28.3. The molecule has 5 nitrogen and oxygen atoms in total. The van der Waals surface area contributed by atoms with E-state index >= 15 is 0 Å². The van der Waals surface area contributed by atoms with E-state index in [1.165, 1.54) is 11.8 Å². The number of nitrogens with one attached hydrogen (secondary N) is 2. The average Bonchev–Trinajstić information content (AvgIpc) is 2.55. The quantitative estimate of drug-likeness (QED) is 0.337. The summed E-state index contributed by atoms with van der Waals surface area (Å²) in [5, 5.41) is 7.26. The molecule has 0 saturated heterocycles. The van der Waals surface area contributed by atoms with Gasteiger partial charge in [0.2, 0.25) is 0 Å². The molecule has 0 heterocycles. The van der Waals surface area contributed by atoms with Gasteiger partial charge in [-0.25, -0.2) is 8.42 Å². The van der Waals surface area contributed by atoms with Gasteiger partial charge in [-0.1, -0.05) is 48.2 Å². The largest absolute Gasteiger partial charge is 0.379 e. The summed E-state index contributed by atoms with van der Waals surface area (Å²) in [6.07, 6.45) is 1.94. The summed E-state index contributed by atoms with van der Waals surface area (Å²) in [7, 11) is -3.60. The van der Waals surface area contributed by atoms with E-state index in [-0.39, 0.29) is 10.1 Å². The van der Waals surface area contributed by atoms with Gasteiger partial charge in [0.05, 0.1) is 4.90 Å². The number of anilines is 1. The zero-order chi connectivity index (χ0) is 17.6. The minimum absolute atomic E-state index is 0.0693. The summed E-state index contributed by atoms with van der Waals surface area (Å²) in [4.78, 5) is 0.221. The molecule has 4 N–H and O–H groups in total. The number of hydrogen-bond donors (Lipinski definition) is 3. The van der Waals surface area contributed by atoms with E-state index in [1.54, 1.807) is 48.5 Å². The second-order valence-corrected chi connectivity index (χ2v) is 8.63. The van der Waals surface area contributed by atoms with E-state index in [1.807, 2.05) is 12.1 Å². The Morgan fingerprint density at radius 2 is 1.92 bits per heavy atom. The van der Waals surface area contributed by atoms with Gasteiger partial charge in [0.1, 0.15) is 0 Å². The molecule has 0 radical (unpaired) electrons. The van der Waals surface area contributed by atoms with Crippen LogP contribution in [0.3, 0.4) is 0 Å². The highest BCUT2D eigenvalue weighted by Gasteiger charge is 2.13. The first kappa shape index (κ1) is 18.8. The van der Waals surface area contributed by atoms with Crippen LogP contribution in [0.25, 0.3) is 3.58 Å². The molecule has 0 aromatic heterocycles. The van der Waals surface area contributed by atoms with Crippen LogP contribution in [0.4, 0.5) is 5.69 Å². The van der Waals surface area contributed by atoms with E-state index in [2.05, 4.69) is 27.3 Å². The molecule has 0 unspecified atom stereocenters. The van der Waals surface area contributed by atoms with Crippen LogP contribution in [-0.4, -0.2) is 19.3 Å². The Morgan fingerprint density at radius 3 is 2.58 bits per heavy atom. The Morgan fingerprint density at radius 1 is 1.21 bits per heavy atom. The van der Waals surface area contributed by atoms with Gasteiger partial charge in [0.25, 0.3) is 10.0 Å². The van der Waals surface area contributed by atoms with E-state index in [0.29, 0.717) is 11.4 Å². The first-order chi connectivity index (χ1) is 11.4. The maximum absolute atomic E-state index is 12.4. The molecule has 2 aromatic carbocycles. The number of halogens is 1. The summed E-state index contributed by atoms with van der Waals surface area (Å²) >= 11 is 3.41. The fourth-order valence-electron chi connectivity index (χ4n) is 1.87. The van der Waals surface area contributed by atoms with Crippen molar-refractivity contribution >= 4 is 58.8 Å². The summed E-state index contributed by atoms with van der Waals surface area (Å²) in [6.45, 7) is 0. The second-order valence-electron chi connectivity index (χ2n) is 4.73. The fraction of sp³-hybridized carbons (Fsp3) is 0.0625. The van der Waals surface area contributed by atoms with E-state index in [9.17, 15) is 8.42 Å². The van der Waals surface area contributed by atoms with Gasteiger partial charge in [0, 0.05) is 15.0 Å². The zero-order valence-electron chi connectivity index (χ0n) is 12.6. The lowest BCUT2D eigenvalue weighted by Crippen LogP contribution is -2.12. The van der Waals surface area contributed by atoms with Crippen molar-refractivity contribution in [2.75, 3.05) is 10.5 Å². The molecule has 0 atom stereocenters. The number of sulfonamides is 1. The van der Waals surface area contributed by atoms with Gasteiger partial charge in [0.15, 0.2) is 5.17 Å². The predicted octanol–water partition coefficient (Wildman–Crippen LogP) is 3.89. The van der Waals surface area contributed by atoms with Crippen molar-refractivity contribution in [1.82, 2.24) is 0 Å². The van der Waals surface area contributed by atoms with Crippen LogP contribution in [0.15, 0.2) is 65.6 Å². The van der Waals surface area contributed by atoms with Gasteiger partial charge >= 0.3 is 0 Å². The standard InChI is InChI=1S/C16H16IN3O2S2/c17-15(9-10-23-16(18)19)12-5-4-6-13(11-12)20-24(21,22)14-7-2-1-3-8-14/h1-9,11,20H,10H2,(H3,18,19)/b15-9-. The Balaban J connectivity index is 2.17. The monoisotopic (exact) mass is 473 g/mol. The highest BCUT2D eigenvalue weighted by atomic mass is 127. The third kappa shape index (κ3) is 5.53.